The molecule has 0 amide bonds. The van der Waals surface area contributed by atoms with E-state index < -0.39 is 0 Å². The number of likely N-dealkylation sites (N-methyl/N-ethyl adjacent to an activating group) is 1. The lowest BCUT2D eigenvalue weighted by Crippen LogP contribution is -2.20. The fraction of sp³-hybridized carbons (Fsp3) is 0.333. The number of hydrazone groups is 1. The highest BCUT2D eigenvalue weighted by molar-refractivity contribution is 7.14. The van der Waals surface area contributed by atoms with Crippen LogP contribution in [-0.2, 0) is 0 Å². The second-order valence-electron chi connectivity index (χ2n) is 4.98. The third-order valence-electron chi connectivity index (χ3n) is 2.90. The van der Waals surface area contributed by atoms with E-state index in [1.54, 1.807) is 18.7 Å². The Hall–Kier alpha value is -2.32. The van der Waals surface area contributed by atoms with Gasteiger partial charge in [-0.25, -0.2) is 4.98 Å². The lowest BCUT2D eigenvalue weighted by atomic mass is 10.2. The number of nitrogen functional groups attached to an aromatic ring is 1. The molecule has 3 N–H and O–H groups in total. The monoisotopic (exact) mass is 335 g/mol. The predicted octanol–water partition coefficient (Wildman–Crippen LogP) is 2.12. The zero-order valence-electron chi connectivity index (χ0n) is 13.4. The quantitative estimate of drug-likeness (QED) is 0.568. The van der Waals surface area contributed by atoms with Crippen molar-refractivity contribution in [1.29, 1.82) is 0 Å². The molecule has 8 heteroatoms. The number of nitrogens with two attached hydrogens (primary N) is 1. The molecule has 0 saturated heterocycles. The van der Waals surface area contributed by atoms with Crippen molar-refractivity contribution >= 4 is 28.5 Å². The van der Waals surface area contributed by atoms with Crippen LogP contribution in [0.4, 0.5) is 10.9 Å². The van der Waals surface area contributed by atoms with Crippen molar-refractivity contribution in [1.82, 2.24) is 9.88 Å². The van der Waals surface area contributed by atoms with E-state index >= 15 is 0 Å². The van der Waals surface area contributed by atoms with Crippen LogP contribution in [0.3, 0.4) is 0 Å². The summed E-state index contributed by atoms with van der Waals surface area (Å²) < 4.78 is 11.2. The Morgan fingerprint density at radius 1 is 1.43 bits per heavy atom. The second kappa shape index (κ2) is 8.35. The van der Waals surface area contributed by atoms with Crippen LogP contribution in [-0.4, -0.2) is 50.5 Å². The molecule has 2 rings (SSSR count). The van der Waals surface area contributed by atoms with E-state index in [1.807, 2.05) is 32.3 Å². The molecule has 0 saturated carbocycles. The van der Waals surface area contributed by atoms with Crippen LogP contribution in [0.25, 0.3) is 0 Å². The van der Waals surface area contributed by atoms with Gasteiger partial charge in [0.1, 0.15) is 12.4 Å². The van der Waals surface area contributed by atoms with Crippen molar-refractivity contribution < 1.29 is 9.47 Å². The number of nitrogens with one attached hydrogen (secondary N) is 1. The van der Waals surface area contributed by atoms with Gasteiger partial charge in [0.2, 0.25) is 5.13 Å². The van der Waals surface area contributed by atoms with E-state index in [2.05, 4.69) is 20.4 Å². The third-order valence-corrected chi connectivity index (χ3v) is 3.67. The average molecular weight is 335 g/mol. The Morgan fingerprint density at radius 2 is 2.26 bits per heavy atom. The Kier molecular flexibility index (Phi) is 6.19. The average Bonchev–Trinajstić information content (AvgIpc) is 2.93. The maximum atomic E-state index is 5.86. The van der Waals surface area contributed by atoms with E-state index in [4.69, 9.17) is 15.2 Å². The zero-order valence-corrected chi connectivity index (χ0v) is 14.3. The van der Waals surface area contributed by atoms with Crippen LogP contribution in [0.15, 0.2) is 28.7 Å². The highest BCUT2D eigenvalue weighted by Crippen LogP contribution is 2.30. The molecule has 1 aromatic carbocycles. The van der Waals surface area contributed by atoms with Gasteiger partial charge in [-0.05, 0) is 26.2 Å². The zero-order chi connectivity index (χ0) is 16.7. The molecule has 7 nitrogen and oxygen atoms in total. The number of anilines is 2. The molecule has 23 heavy (non-hydrogen) atoms. The number of thiazole rings is 1. The molecule has 0 bridgehead atoms. The smallest absolute Gasteiger partial charge is 0.205 e. The van der Waals surface area contributed by atoms with E-state index in [-0.39, 0.29) is 0 Å². The van der Waals surface area contributed by atoms with Crippen LogP contribution >= 0.6 is 11.3 Å². The van der Waals surface area contributed by atoms with Gasteiger partial charge < -0.3 is 20.1 Å². The molecule has 0 spiro atoms. The fourth-order valence-electron chi connectivity index (χ4n) is 1.77. The first-order valence-corrected chi connectivity index (χ1v) is 7.92. The maximum Gasteiger partial charge on any atom is 0.205 e. The van der Waals surface area contributed by atoms with Gasteiger partial charge in [-0.2, -0.15) is 5.10 Å². The topological polar surface area (TPSA) is 85.0 Å². The molecule has 124 valence electrons. The summed E-state index contributed by atoms with van der Waals surface area (Å²) >= 11 is 1.39. The Bertz CT molecular complexity index is 657. The summed E-state index contributed by atoms with van der Waals surface area (Å²) in [7, 11) is 5.61. The van der Waals surface area contributed by atoms with Gasteiger partial charge in [-0.3, -0.25) is 5.43 Å². The van der Waals surface area contributed by atoms with Crippen LogP contribution in [0.2, 0.25) is 0 Å². The summed E-state index contributed by atoms with van der Waals surface area (Å²) in [5, 5.41) is 6.56. The standard InChI is InChI=1S/C15H21N5O2S/c1-20(2)7-8-22-14-11(5-4-6-12(14)21-3)9-17-19-15-18-13(16)10-23-15/h4-6,9-10H,7-8,16H2,1-3H3,(H,18,19). The minimum atomic E-state index is 0.474. The molecule has 0 radical (unpaired) electrons. The van der Waals surface area contributed by atoms with Crippen LogP contribution in [0, 0.1) is 0 Å². The second-order valence-corrected chi connectivity index (χ2v) is 5.84. The first kappa shape index (κ1) is 17.0. The summed E-state index contributed by atoms with van der Waals surface area (Å²) in [4.78, 5) is 6.13. The van der Waals surface area contributed by atoms with Gasteiger partial charge in [0, 0.05) is 17.5 Å². The number of benzene rings is 1. The molecule has 1 aromatic heterocycles. The minimum absolute atomic E-state index is 0.474. The number of hydrogen-bond acceptors (Lipinski definition) is 8. The lowest BCUT2D eigenvalue weighted by molar-refractivity contribution is 0.250. The van der Waals surface area contributed by atoms with E-state index in [9.17, 15) is 0 Å². The minimum Gasteiger partial charge on any atom is -0.493 e. The largest absolute Gasteiger partial charge is 0.493 e. The van der Waals surface area contributed by atoms with E-state index in [0.29, 0.717) is 29.1 Å². The first-order valence-electron chi connectivity index (χ1n) is 7.04. The highest BCUT2D eigenvalue weighted by Gasteiger charge is 2.09. The number of nitrogens with zero attached hydrogens (tertiary/aromatic N) is 3. The van der Waals surface area contributed by atoms with E-state index in [1.165, 1.54) is 11.3 Å². The van der Waals surface area contributed by atoms with Crippen molar-refractivity contribution in [3.8, 4) is 11.5 Å². The van der Waals surface area contributed by atoms with Crippen molar-refractivity contribution in [3.63, 3.8) is 0 Å². The summed E-state index contributed by atoms with van der Waals surface area (Å²) in [5.41, 5.74) is 9.23. The summed E-state index contributed by atoms with van der Waals surface area (Å²) in [6, 6.07) is 5.66. The number of hydrogen-bond donors (Lipinski definition) is 2. The Balaban J connectivity index is 2.09. The number of methoxy groups -OCH3 is 1. The molecule has 0 aliphatic carbocycles. The number of para-hydroxylation sites is 1. The van der Waals surface area contributed by atoms with Crippen molar-refractivity contribution in [2.45, 2.75) is 0 Å². The molecule has 0 atom stereocenters. The molecule has 0 unspecified atom stereocenters. The van der Waals surface area contributed by atoms with Crippen molar-refractivity contribution in [3.05, 3.63) is 29.1 Å². The van der Waals surface area contributed by atoms with Crippen molar-refractivity contribution in [2.24, 2.45) is 5.10 Å². The van der Waals surface area contributed by atoms with Gasteiger partial charge in [-0.15, -0.1) is 11.3 Å². The normalized spacial score (nSPS) is 11.1. The molecule has 0 fully saturated rings. The summed E-state index contributed by atoms with van der Waals surface area (Å²) in [5.74, 6) is 1.81. The van der Waals surface area contributed by atoms with Gasteiger partial charge in [0.25, 0.3) is 0 Å². The van der Waals surface area contributed by atoms with Crippen LogP contribution < -0.4 is 20.6 Å². The predicted molar refractivity (Wildman–Crippen MR) is 94.8 cm³/mol. The maximum absolute atomic E-state index is 5.86. The first-order chi connectivity index (χ1) is 11.1. The van der Waals surface area contributed by atoms with Gasteiger partial charge in [0.15, 0.2) is 11.5 Å². The Morgan fingerprint density at radius 3 is 2.91 bits per heavy atom. The molecule has 0 aliphatic rings. The fourth-order valence-corrected chi connectivity index (χ4v) is 2.32. The highest BCUT2D eigenvalue weighted by atomic mass is 32.1. The number of rotatable bonds is 8. The molecule has 0 aliphatic heterocycles. The SMILES string of the molecule is COc1cccc(C=NNc2nc(N)cs2)c1OCCN(C)C. The molecular formula is C15H21N5O2S. The number of ether oxygens (including phenoxy) is 2. The van der Waals surface area contributed by atoms with Gasteiger partial charge in [0.05, 0.1) is 13.3 Å². The van der Waals surface area contributed by atoms with Gasteiger partial charge in [-0.1, -0.05) is 6.07 Å². The van der Waals surface area contributed by atoms with Crippen LogP contribution in [0.5, 0.6) is 11.5 Å². The molecular weight excluding hydrogens is 314 g/mol. The van der Waals surface area contributed by atoms with Gasteiger partial charge >= 0.3 is 0 Å². The van der Waals surface area contributed by atoms with Crippen molar-refractivity contribution in [2.75, 3.05) is 45.5 Å². The number of aromatic nitrogens is 1. The van der Waals surface area contributed by atoms with Crippen LogP contribution in [0.1, 0.15) is 5.56 Å². The summed E-state index contributed by atoms with van der Waals surface area (Å²) in [6.45, 7) is 1.37. The Labute approximate surface area is 139 Å². The summed E-state index contributed by atoms with van der Waals surface area (Å²) in [6.07, 6.45) is 1.67. The lowest BCUT2D eigenvalue weighted by Gasteiger charge is -2.15. The van der Waals surface area contributed by atoms with E-state index in [0.717, 1.165) is 12.1 Å². The molecule has 1 heterocycles. The third kappa shape index (κ3) is 5.11. The molecule has 2 aromatic rings.